The molecule has 0 saturated heterocycles. The lowest BCUT2D eigenvalue weighted by Gasteiger charge is -2.39. The van der Waals surface area contributed by atoms with Crippen LogP contribution in [0.5, 0.6) is 0 Å². The van der Waals surface area contributed by atoms with Crippen LogP contribution < -0.4 is 10.9 Å². The Balaban J connectivity index is 2.29. The van der Waals surface area contributed by atoms with Crippen LogP contribution in [0.4, 0.5) is 0 Å². The lowest BCUT2D eigenvalue weighted by molar-refractivity contribution is 0.0878. The lowest BCUT2D eigenvalue weighted by Crippen LogP contribution is -2.55. The maximum atomic E-state index is 12.5. The van der Waals surface area contributed by atoms with Crippen molar-refractivity contribution in [3.63, 3.8) is 0 Å². The van der Waals surface area contributed by atoms with Crippen LogP contribution in [-0.2, 0) is 5.54 Å². The first-order valence-corrected chi connectivity index (χ1v) is 8.94. The van der Waals surface area contributed by atoms with Crippen molar-refractivity contribution in [2.45, 2.75) is 38.6 Å². The van der Waals surface area contributed by atoms with Gasteiger partial charge in [-0.2, -0.15) is 0 Å². The fraction of sp³-hybridized carbons (Fsp3) is 0.318. The molecule has 0 aromatic heterocycles. The molecule has 0 fully saturated rings. The highest BCUT2D eigenvalue weighted by molar-refractivity contribution is 5.93. The summed E-state index contributed by atoms with van der Waals surface area (Å²) < 4.78 is 0. The van der Waals surface area contributed by atoms with E-state index in [2.05, 4.69) is 43.4 Å². The highest BCUT2D eigenvalue weighted by Gasteiger charge is 2.36. The average molecular weight is 336 g/mol. The summed E-state index contributed by atoms with van der Waals surface area (Å²) in [5.74, 6) is 0.0196. The molecule has 0 aliphatic rings. The number of hydrogen-bond acceptors (Lipinski definition) is 2. The van der Waals surface area contributed by atoms with E-state index in [-0.39, 0.29) is 17.4 Å². The van der Waals surface area contributed by atoms with Crippen LogP contribution in [-0.4, -0.2) is 5.91 Å². The Kier molecular flexibility index (Phi) is 6.96. The minimum Gasteiger partial charge on any atom is -0.287 e. The molecule has 0 heterocycles. The third kappa shape index (κ3) is 4.58. The van der Waals surface area contributed by atoms with E-state index in [1.165, 1.54) is 0 Å². The monoisotopic (exact) mass is 336 g/mol. The summed E-state index contributed by atoms with van der Waals surface area (Å²) in [5, 5.41) is 0. The predicted octanol–water partition coefficient (Wildman–Crippen LogP) is 4.83. The zero-order chi connectivity index (χ0) is 18.1. The lowest BCUT2D eigenvalue weighted by atomic mass is 9.76. The van der Waals surface area contributed by atoms with E-state index in [0.717, 1.165) is 24.8 Å². The first-order chi connectivity index (χ1) is 12.1. The maximum Gasteiger partial charge on any atom is 0.265 e. The molecule has 1 amide bonds. The van der Waals surface area contributed by atoms with E-state index >= 15 is 0 Å². The van der Waals surface area contributed by atoms with E-state index in [1.807, 2.05) is 54.6 Å². The number of hydrazine groups is 1. The molecule has 25 heavy (non-hydrogen) atoms. The first-order valence-electron chi connectivity index (χ1n) is 8.94. The maximum absolute atomic E-state index is 12.5. The predicted molar refractivity (Wildman–Crippen MR) is 104 cm³/mol. The van der Waals surface area contributed by atoms with Gasteiger partial charge in [0.2, 0.25) is 0 Å². The smallest absolute Gasteiger partial charge is 0.265 e. The summed E-state index contributed by atoms with van der Waals surface area (Å²) in [7, 11) is 0. The van der Waals surface area contributed by atoms with Crippen LogP contribution in [0.2, 0.25) is 0 Å². The number of hydrogen-bond donors (Lipinski definition) is 2. The third-order valence-corrected chi connectivity index (χ3v) is 4.78. The topological polar surface area (TPSA) is 41.1 Å². The van der Waals surface area contributed by atoms with Crippen LogP contribution in [0.15, 0.2) is 73.3 Å². The molecule has 0 bridgehead atoms. The second-order valence-corrected chi connectivity index (χ2v) is 6.41. The number of carbonyl (C=O) groups is 1. The highest BCUT2D eigenvalue weighted by atomic mass is 16.2. The molecule has 2 aromatic rings. The van der Waals surface area contributed by atoms with Crippen molar-refractivity contribution in [3.05, 3.63) is 84.4 Å². The van der Waals surface area contributed by atoms with Crippen molar-refractivity contribution in [2.24, 2.45) is 5.92 Å². The van der Waals surface area contributed by atoms with E-state index < -0.39 is 0 Å². The number of benzene rings is 2. The van der Waals surface area contributed by atoms with Crippen molar-refractivity contribution in [2.75, 3.05) is 0 Å². The zero-order valence-electron chi connectivity index (χ0n) is 15.2. The van der Waals surface area contributed by atoms with Crippen LogP contribution >= 0.6 is 0 Å². The van der Waals surface area contributed by atoms with E-state index in [9.17, 15) is 4.79 Å². The molecule has 0 spiro atoms. The van der Waals surface area contributed by atoms with Gasteiger partial charge in [0.25, 0.3) is 5.91 Å². The molecule has 2 N–H and O–H groups in total. The summed E-state index contributed by atoms with van der Waals surface area (Å²) >= 11 is 0. The summed E-state index contributed by atoms with van der Waals surface area (Å²) in [6.45, 7) is 8.31. The molecule has 0 unspecified atom stereocenters. The molecule has 3 nitrogen and oxygen atoms in total. The Labute approximate surface area is 151 Å². The van der Waals surface area contributed by atoms with Gasteiger partial charge in [0.05, 0.1) is 5.54 Å². The molecule has 0 aliphatic carbocycles. The van der Waals surface area contributed by atoms with Crippen LogP contribution in [0.3, 0.4) is 0 Å². The SMILES string of the molecule is C=C[C@H](C)[C@](CCCC)(NNC(=O)c1ccccc1)c1ccccc1. The van der Waals surface area contributed by atoms with Gasteiger partial charge >= 0.3 is 0 Å². The Morgan fingerprint density at radius 3 is 2.28 bits per heavy atom. The molecule has 132 valence electrons. The van der Waals surface area contributed by atoms with E-state index in [1.54, 1.807) is 0 Å². The molecule has 3 heteroatoms. The number of rotatable bonds is 9. The van der Waals surface area contributed by atoms with Crippen molar-refractivity contribution in [1.29, 1.82) is 0 Å². The van der Waals surface area contributed by atoms with Gasteiger partial charge in [-0.25, -0.2) is 5.43 Å². The second-order valence-electron chi connectivity index (χ2n) is 6.41. The van der Waals surface area contributed by atoms with Crippen molar-refractivity contribution in [1.82, 2.24) is 10.9 Å². The minimum absolute atomic E-state index is 0.131. The number of carbonyl (C=O) groups excluding carboxylic acids is 1. The number of amides is 1. The van der Waals surface area contributed by atoms with Gasteiger partial charge in [0, 0.05) is 5.56 Å². The minimum atomic E-state index is -0.385. The van der Waals surface area contributed by atoms with Gasteiger partial charge in [-0.05, 0) is 30.0 Å². The third-order valence-electron chi connectivity index (χ3n) is 4.78. The van der Waals surface area contributed by atoms with E-state index in [4.69, 9.17) is 0 Å². The molecule has 2 atom stereocenters. The summed E-state index contributed by atoms with van der Waals surface area (Å²) in [6, 6.07) is 19.5. The van der Waals surface area contributed by atoms with Crippen LogP contribution in [0.1, 0.15) is 49.0 Å². The molecule has 2 aromatic carbocycles. The molecule has 2 rings (SSSR count). The molecular formula is C22H28N2O. The van der Waals surface area contributed by atoms with Gasteiger partial charge in [-0.1, -0.05) is 81.3 Å². The largest absolute Gasteiger partial charge is 0.287 e. The standard InChI is InChI=1S/C22H28N2O/c1-4-6-17-22(18(3)5-2,20-15-11-8-12-16-20)24-23-21(25)19-13-9-7-10-14-19/h5,7-16,18,24H,2,4,6,17H2,1,3H3,(H,23,25)/t18-,22-/m0/s1. The van der Waals surface area contributed by atoms with E-state index in [0.29, 0.717) is 5.56 Å². The van der Waals surface area contributed by atoms with Crippen molar-refractivity contribution < 1.29 is 4.79 Å². The van der Waals surface area contributed by atoms with Crippen LogP contribution in [0, 0.1) is 5.92 Å². The Morgan fingerprint density at radius 1 is 1.12 bits per heavy atom. The number of nitrogens with one attached hydrogen (secondary N) is 2. The van der Waals surface area contributed by atoms with Gasteiger partial charge in [-0.15, -0.1) is 6.58 Å². The van der Waals surface area contributed by atoms with Gasteiger partial charge < -0.3 is 0 Å². The summed E-state index contributed by atoms with van der Waals surface area (Å²) in [4.78, 5) is 12.5. The Morgan fingerprint density at radius 2 is 1.72 bits per heavy atom. The molecular weight excluding hydrogens is 308 g/mol. The van der Waals surface area contributed by atoms with Crippen molar-refractivity contribution >= 4 is 5.91 Å². The highest BCUT2D eigenvalue weighted by Crippen LogP contribution is 2.35. The Bertz CT molecular complexity index is 669. The summed E-state index contributed by atoms with van der Waals surface area (Å²) in [6.07, 6.45) is 5.01. The number of unbranched alkanes of at least 4 members (excludes halogenated alkanes) is 1. The van der Waals surface area contributed by atoms with Gasteiger partial charge in [0.15, 0.2) is 0 Å². The second kappa shape index (κ2) is 9.19. The molecule has 0 radical (unpaired) electrons. The molecule has 0 saturated carbocycles. The fourth-order valence-corrected chi connectivity index (χ4v) is 3.11. The quantitative estimate of drug-likeness (QED) is 0.509. The Hall–Kier alpha value is -2.39. The zero-order valence-corrected chi connectivity index (χ0v) is 15.2. The average Bonchev–Trinajstić information content (AvgIpc) is 2.69. The van der Waals surface area contributed by atoms with Gasteiger partial charge in [-0.3, -0.25) is 10.2 Å². The summed E-state index contributed by atoms with van der Waals surface area (Å²) in [5.41, 5.74) is 7.70. The molecule has 0 aliphatic heterocycles. The first kappa shape index (κ1) is 18.9. The fourth-order valence-electron chi connectivity index (χ4n) is 3.11. The normalized spacial score (nSPS) is 14.3. The van der Waals surface area contributed by atoms with Crippen molar-refractivity contribution in [3.8, 4) is 0 Å². The van der Waals surface area contributed by atoms with Crippen LogP contribution in [0.25, 0.3) is 0 Å². The van der Waals surface area contributed by atoms with Gasteiger partial charge in [0.1, 0.15) is 0 Å².